The van der Waals surface area contributed by atoms with E-state index in [1.165, 1.54) is 35.1 Å². The molecule has 1 aliphatic heterocycles. The Bertz CT molecular complexity index is 1570. The second kappa shape index (κ2) is 10.3. The van der Waals surface area contributed by atoms with Crippen LogP contribution in [0.4, 0.5) is 39.5 Å². The molecule has 39 heavy (non-hydrogen) atoms. The van der Waals surface area contributed by atoms with E-state index in [1.54, 1.807) is 0 Å². The molecule has 0 aliphatic carbocycles. The van der Waals surface area contributed by atoms with Crippen LogP contribution in [0.5, 0.6) is 0 Å². The van der Waals surface area contributed by atoms with E-state index in [9.17, 15) is 22.8 Å². The minimum absolute atomic E-state index is 0.0600. The number of amides is 2. The second-order valence-electron chi connectivity index (χ2n) is 8.63. The normalized spacial score (nSPS) is 15.7. The molecule has 0 saturated carbocycles. The number of aromatic nitrogens is 3. The summed E-state index contributed by atoms with van der Waals surface area (Å²) in [5.74, 6) is -1.12. The largest absolute Gasteiger partial charge is 0.416 e. The molecular weight excluding hydrogens is 522 g/mol. The maximum atomic E-state index is 15.1. The number of nitrogens with two attached hydrogens (primary N) is 1. The van der Waals surface area contributed by atoms with Crippen LogP contribution >= 0.6 is 0 Å². The first-order chi connectivity index (χ1) is 18.6. The number of fused-ring (bicyclic) bond motifs is 1. The third kappa shape index (κ3) is 5.37. The fourth-order valence-electron chi connectivity index (χ4n) is 4.20. The van der Waals surface area contributed by atoms with Gasteiger partial charge in [-0.3, -0.25) is 4.79 Å². The smallest absolute Gasteiger partial charge is 0.382 e. The molecule has 2 aromatic heterocycles. The molecule has 0 bridgehead atoms. The van der Waals surface area contributed by atoms with E-state index in [-0.39, 0.29) is 34.2 Å². The average Bonchev–Trinajstić information content (AvgIpc) is 3.30. The van der Waals surface area contributed by atoms with Crippen LogP contribution in [0.2, 0.25) is 0 Å². The zero-order valence-corrected chi connectivity index (χ0v) is 20.1. The first-order valence-corrected chi connectivity index (χ1v) is 11.7. The number of hydrogen-bond acceptors (Lipinski definition) is 7. The summed E-state index contributed by atoms with van der Waals surface area (Å²) in [5.41, 5.74) is 5.93. The van der Waals surface area contributed by atoms with Crippen LogP contribution in [0.15, 0.2) is 54.9 Å². The number of anilines is 3. The van der Waals surface area contributed by atoms with Crippen molar-refractivity contribution in [1.82, 2.24) is 19.9 Å². The number of urea groups is 1. The molecule has 1 unspecified atom stereocenters. The molecule has 3 heterocycles. The molecule has 0 spiro atoms. The SMILES string of the molecule is Nc1ncnn2c(C(=O)C3CNCCO3)cc(-c3ccc(NC(=O)Nc4cccc(C(F)(F)F)c4)c(F)c3)c12. The Morgan fingerprint density at radius 2 is 1.95 bits per heavy atom. The van der Waals surface area contributed by atoms with Crippen molar-refractivity contribution in [3.8, 4) is 11.1 Å². The number of Topliss-reactive ketones (excluding diaryl/α,β-unsaturated/α-hetero) is 1. The summed E-state index contributed by atoms with van der Waals surface area (Å²) in [5, 5.41) is 11.7. The highest BCUT2D eigenvalue weighted by atomic mass is 19.4. The topological polar surface area (TPSA) is 136 Å². The van der Waals surface area contributed by atoms with Crippen molar-refractivity contribution in [2.24, 2.45) is 0 Å². The number of alkyl halides is 3. The average molecular weight is 543 g/mol. The molecule has 1 saturated heterocycles. The Balaban J connectivity index is 1.40. The number of ketones is 1. The van der Waals surface area contributed by atoms with Crippen molar-refractivity contribution in [2.75, 3.05) is 36.1 Å². The fraction of sp³-hybridized carbons (Fsp3) is 0.200. The number of nitrogens with one attached hydrogen (secondary N) is 3. The van der Waals surface area contributed by atoms with E-state index in [1.807, 2.05) is 0 Å². The monoisotopic (exact) mass is 543 g/mol. The van der Waals surface area contributed by atoms with Crippen LogP contribution in [0.25, 0.3) is 16.6 Å². The summed E-state index contributed by atoms with van der Waals surface area (Å²) in [6, 6.07) is 8.49. The lowest BCUT2D eigenvalue weighted by atomic mass is 10.0. The Labute approximate surface area is 218 Å². The van der Waals surface area contributed by atoms with Gasteiger partial charge in [-0.2, -0.15) is 18.3 Å². The molecule has 2 amide bonds. The quantitative estimate of drug-likeness (QED) is 0.221. The van der Waals surface area contributed by atoms with Gasteiger partial charge in [-0.25, -0.2) is 18.7 Å². The predicted molar refractivity (Wildman–Crippen MR) is 134 cm³/mol. The third-order valence-electron chi connectivity index (χ3n) is 6.03. The van der Waals surface area contributed by atoms with Gasteiger partial charge in [-0.05, 0) is 42.0 Å². The third-order valence-corrected chi connectivity index (χ3v) is 6.03. The number of nitrogens with zero attached hydrogens (tertiary/aromatic N) is 3. The van der Waals surface area contributed by atoms with E-state index in [2.05, 4.69) is 26.0 Å². The number of hydrogen-bond donors (Lipinski definition) is 4. The van der Waals surface area contributed by atoms with Gasteiger partial charge in [-0.15, -0.1) is 0 Å². The highest BCUT2D eigenvalue weighted by molar-refractivity contribution is 6.04. The number of carbonyl (C=O) groups is 2. The predicted octanol–water partition coefficient (Wildman–Crippen LogP) is 3.95. The van der Waals surface area contributed by atoms with Crippen molar-refractivity contribution < 1.29 is 31.9 Å². The molecule has 1 aliphatic rings. The van der Waals surface area contributed by atoms with E-state index in [0.29, 0.717) is 30.8 Å². The lowest BCUT2D eigenvalue weighted by molar-refractivity contribution is -0.137. The van der Waals surface area contributed by atoms with E-state index >= 15 is 4.39 Å². The zero-order valence-electron chi connectivity index (χ0n) is 20.1. The van der Waals surface area contributed by atoms with Crippen molar-refractivity contribution >= 4 is 34.5 Å². The summed E-state index contributed by atoms with van der Waals surface area (Å²) in [6.07, 6.45) is -4.13. The number of nitrogen functional groups attached to an aromatic ring is 1. The molecule has 1 atom stereocenters. The summed E-state index contributed by atoms with van der Waals surface area (Å²) < 4.78 is 60.7. The van der Waals surface area contributed by atoms with Crippen molar-refractivity contribution in [2.45, 2.75) is 12.3 Å². The molecule has 1 fully saturated rings. The van der Waals surface area contributed by atoms with E-state index in [4.69, 9.17) is 10.5 Å². The lowest BCUT2D eigenvalue weighted by Crippen LogP contribution is -2.43. The Morgan fingerprint density at radius 1 is 1.13 bits per heavy atom. The second-order valence-corrected chi connectivity index (χ2v) is 8.63. The summed E-state index contributed by atoms with van der Waals surface area (Å²) in [6.45, 7) is 1.31. The summed E-state index contributed by atoms with van der Waals surface area (Å²) in [4.78, 5) is 29.5. The molecule has 14 heteroatoms. The standard InChI is InChI=1S/C25H21F4N7O3/c26-17-8-13(4-5-18(17)35-24(38)34-15-3-1-2-14(9-15)25(27,28)29)16-10-19(22(37)20-11-31-6-7-39-20)36-21(16)23(30)32-12-33-36/h1-5,8-10,12,20,31H,6-7,11H2,(H2,30,32,33)(H2,34,35,38). The van der Waals surface area contributed by atoms with Crippen LogP contribution in [0.3, 0.4) is 0 Å². The number of ether oxygens (including phenoxy) is 1. The summed E-state index contributed by atoms with van der Waals surface area (Å²) in [7, 11) is 0. The fourth-order valence-corrected chi connectivity index (χ4v) is 4.20. The van der Waals surface area contributed by atoms with Crippen molar-refractivity contribution in [3.63, 3.8) is 0 Å². The van der Waals surface area contributed by atoms with Gasteiger partial charge in [0, 0.05) is 24.3 Å². The first kappa shape index (κ1) is 26.1. The van der Waals surface area contributed by atoms with Gasteiger partial charge in [0.15, 0.2) is 5.82 Å². The first-order valence-electron chi connectivity index (χ1n) is 11.7. The van der Waals surface area contributed by atoms with Gasteiger partial charge in [-0.1, -0.05) is 12.1 Å². The lowest BCUT2D eigenvalue weighted by Gasteiger charge is -2.22. The van der Waals surface area contributed by atoms with Gasteiger partial charge < -0.3 is 26.4 Å². The minimum atomic E-state index is -4.58. The van der Waals surface area contributed by atoms with Crippen LogP contribution < -0.4 is 21.7 Å². The Kier molecular flexibility index (Phi) is 6.89. The van der Waals surface area contributed by atoms with Gasteiger partial charge in [0.1, 0.15) is 29.5 Å². The van der Waals surface area contributed by atoms with Crippen molar-refractivity contribution in [1.29, 1.82) is 0 Å². The number of benzene rings is 2. The Hall–Kier alpha value is -4.56. The molecule has 202 valence electrons. The van der Waals surface area contributed by atoms with Crippen molar-refractivity contribution in [3.05, 3.63) is 71.9 Å². The minimum Gasteiger partial charge on any atom is -0.382 e. The number of halogens is 4. The number of carbonyl (C=O) groups excluding carboxylic acids is 2. The molecule has 2 aromatic carbocycles. The van der Waals surface area contributed by atoms with Gasteiger partial charge in [0.25, 0.3) is 0 Å². The highest BCUT2D eigenvalue weighted by Gasteiger charge is 2.31. The zero-order chi connectivity index (χ0) is 27.7. The molecule has 5 rings (SSSR count). The maximum absolute atomic E-state index is 15.1. The van der Waals surface area contributed by atoms with Crippen LogP contribution in [0.1, 0.15) is 16.1 Å². The molecule has 10 nitrogen and oxygen atoms in total. The van der Waals surface area contributed by atoms with Crippen LogP contribution in [-0.2, 0) is 10.9 Å². The van der Waals surface area contributed by atoms with Crippen LogP contribution in [0, 0.1) is 5.82 Å². The maximum Gasteiger partial charge on any atom is 0.416 e. The van der Waals surface area contributed by atoms with Crippen LogP contribution in [-0.4, -0.2) is 52.2 Å². The number of morpholine rings is 1. The highest BCUT2D eigenvalue weighted by Crippen LogP contribution is 2.33. The number of rotatable bonds is 5. The van der Waals surface area contributed by atoms with E-state index < -0.39 is 29.7 Å². The van der Waals surface area contributed by atoms with Gasteiger partial charge >= 0.3 is 12.2 Å². The molecule has 4 aromatic rings. The molecule has 0 radical (unpaired) electrons. The summed E-state index contributed by atoms with van der Waals surface area (Å²) >= 11 is 0. The van der Waals surface area contributed by atoms with Gasteiger partial charge in [0.2, 0.25) is 5.78 Å². The van der Waals surface area contributed by atoms with E-state index in [0.717, 1.165) is 24.3 Å². The molecule has 5 N–H and O–H groups in total. The Morgan fingerprint density at radius 3 is 2.67 bits per heavy atom. The molecular formula is C25H21F4N7O3. The van der Waals surface area contributed by atoms with Gasteiger partial charge in [0.05, 0.1) is 17.9 Å².